The van der Waals surface area contributed by atoms with E-state index in [-0.39, 0.29) is 17.9 Å². The average Bonchev–Trinajstić information content (AvgIpc) is 2.74. The van der Waals surface area contributed by atoms with Gasteiger partial charge in [0.15, 0.2) is 13.1 Å². The van der Waals surface area contributed by atoms with E-state index in [2.05, 4.69) is 12.2 Å². The van der Waals surface area contributed by atoms with Gasteiger partial charge in [0, 0.05) is 16.3 Å². The zero-order chi connectivity index (χ0) is 21.5. The Morgan fingerprint density at radius 2 is 1.87 bits per heavy atom. The summed E-state index contributed by atoms with van der Waals surface area (Å²) in [7, 11) is 0. The summed E-state index contributed by atoms with van der Waals surface area (Å²) in [6, 6.07) is 15.7. The molecule has 6 nitrogen and oxygen atoms in total. The van der Waals surface area contributed by atoms with Crippen molar-refractivity contribution >= 4 is 29.1 Å². The first kappa shape index (κ1) is 22.3. The van der Waals surface area contributed by atoms with Crippen LogP contribution in [-0.4, -0.2) is 56.0 Å². The number of quaternary nitrogens is 2. The number of hydrogen-bond acceptors (Lipinski definition) is 2. The number of nitrogens with zero attached hydrogens (tertiary/aromatic N) is 1. The molecule has 0 radical (unpaired) electrons. The number of nitrogens with one attached hydrogen (secondary N) is 2. The van der Waals surface area contributed by atoms with Crippen LogP contribution in [0.15, 0.2) is 48.5 Å². The Hall–Kier alpha value is -2.41. The molecule has 7 heteroatoms. The Balaban J connectivity index is 1.38. The molecule has 3 rings (SSSR count). The van der Waals surface area contributed by atoms with Crippen molar-refractivity contribution in [1.82, 2.24) is 4.90 Å². The van der Waals surface area contributed by atoms with E-state index in [4.69, 9.17) is 11.6 Å². The zero-order valence-corrected chi connectivity index (χ0v) is 18.4. The SMILES string of the molecule is Cc1ccc(NC(=O)C[NH+]2CCN(C(=O)C[NH2+][C@@H](C)c3cccc(Cl)c3)CC2)cc1. The van der Waals surface area contributed by atoms with Gasteiger partial charge >= 0.3 is 0 Å². The molecule has 1 atom stereocenters. The Kier molecular flexibility index (Phi) is 7.85. The molecular formula is C23H31ClN4O2+2. The van der Waals surface area contributed by atoms with Gasteiger partial charge in [-0.25, -0.2) is 0 Å². The molecule has 0 saturated carbocycles. The van der Waals surface area contributed by atoms with E-state index in [1.165, 1.54) is 10.5 Å². The number of halogens is 1. The predicted octanol–water partition coefficient (Wildman–Crippen LogP) is 0.639. The molecule has 1 aliphatic rings. The van der Waals surface area contributed by atoms with E-state index in [9.17, 15) is 9.59 Å². The average molecular weight is 431 g/mol. The maximum Gasteiger partial charge on any atom is 0.279 e. The lowest BCUT2D eigenvalue weighted by atomic mass is 10.1. The predicted molar refractivity (Wildman–Crippen MR) is 119 cm³/mol. The summed E-state index contributed by atoms with van der Waals surface area (Å²) in [6.07, 6.45) is 0. The molecule has 1 aliphatic heterocycles. The fourth-order valence-electron chi connectivity index (χ4n) is 3.65. The van der Waals surface area contributed by atoms with Crippen LogP contribution >= 0.6 is 11.6 Å². The molecule has 0 unspecified atom stereocenters. The minimum Gasteiger partial charge on any atom is -0.333 e. The van der Waals surface area contributed by atoms with Crippen LogP contribution in [0.3, 0.4) is 0 Å². The monoisotopic (exact) mass is 430 g/mol. The molecular weight excluding hydrogens is 400 g/mol. The maximum atomic E-state index is 12.6. The molecule has 4 N–H and O–H groups in total. The number of carbonyl (C=O) groups is 2. The van der Waals surface area contributed by atoms with Crippen LogP contribution in [-0.2, 0) is 9.59 Å². The maximum absolute atomic E-state index is 12.6. The van der Waals surface area contributed by atoms with Gasteiger partial charge in [0.25, 0.3) is 11.8 Å². The second-order valence-corrected chi connectivity index (χ2v) is 8.44. The standard InChI is InChI=1S/C23H29ClN4O2/c1-17-6-8-21(9-7-17)26-22(29)16-27-10-12-28(13-11-27)23(30)15-25-18(2)19-4-3-5-20(24)14-19/h3-9,14,18,25H,10-13,15-16H2,1-2H3,(H,26,29)/p+2/t18-/m0/s1. The summed E-state index contributed by atoms with van der Waals surface area (Å²) in [5.74, 6) is 0.157. The van der Waals surface area contributed by atoms with Gasteiger partial charge in [-0.1, -0.05) is 41.4 Å². The van der Waals surface area contributed by atoms with Crippen molar-refractivity contribution in [3.05, 3.63) is 64.7 Å². The number of piperazine rings is 1. The van der Waals surface area contributed by atoms with Crippen molar-refractivity contribution < 1.29 is 19.8 Å². The lowest BCUT2D eigenvalue weighted by Gasteiger charge is -2.31. The number of anilines is 1. The smallest absolute Gasteiger partial charge is 0.279 e. The van der Waals surface area contributed by atoms with E-state index < -0.39 is 0 Å². The van der Waals surface area contributed by atoms with Crippen molar-refractivity contribution in [2.45, 2.75) is 19.9 Å². The summed E-state index contributed by atoms with van der Waals surface area (Å²) < 4.78 is 0. The van der Waals surface area contributed by atoms with Crippen molar-refractivity contribution in [3.63, 3.8) is 0 Å². The highest BCUT2D eigenvalue weighted by atomic mass is 35.5. The van der Waals surface area contributed by atoms with Crippen LogP contribution in [0, 0.1) is 6.92 Å². The third kappa shape index (κ3) is 6.55. The molecule has 2 aromatic carbocycles. The van der Waals surface area contributed by atoms with E-state index in [0.717, 1.165) is 24.3 Å². The molecule has 0 aromatic heterocycles. The second kappa shape index (κ2) is 10.6. The molecule has 2 aromatic rings. The van der Waals surface area contributed by atoms with Gasteiger partial charge < -0.3 is 20.4 Å². The van der Waals surface area contributed by atoms with E-state index in [1.807, 2.05) is 65.7 Å². The van der Waals surface area contributed by atoms with E-state index >= 15 is 0 Å². The highest BCUT2D eigenvalue weighted by molar-refractivity contribution is 6.30. The number of carbonyl (C=O) groups excluding carboxylic acids is 2. The molecule has 1 heterocycles. The molecule has 1 saturated heterocycles. The first-order valence-electron chi connectivity index (χ1n) is 10.5. The number of nitrogens with two attached hydrogens (primary N) is 1. The molecule has 0 aliphatic carbocycles. The summed E-state index contributed by atoms with van der Waals surface area (Å²) in [5, 5.41) is 5.70. The van der Waals surface area contributed by atoms with Crippen LogP contribution in [0.25, 0.3) is 0 Å². The highest BCUT2D eigenvalue weighted by Gasteiger charge is 2.26. The minimum atomic E-state index is 0.0114. The molecule has 1 fully saturated rings. The Bertz CT molecular complexity index is 864. The second-order valence-electron chi connectivity index (χ2n) is 8.01. The van der Waals surface area contributed by atoms with Crippen LogP contribution in [0.5, 0.6) is 0 Å². The fourth-order valence-corrected chi connectivity index (χ4v) is 3.85. The Labute approximate surface area is 183 Å². The van der Waals surface area contributed by atoms with Gasteiger partial charge in [-0.3, -0.25) is 9.59 Å². The molecule has 160 valence electrons. The number of benzene rings is 2. The Morgan fingerprint density at radius 1 is 1.17 bits per heavy atom. The number of rotatable bonds is 7. The van der Waals surface area contributed by atoms with Gasteiger partial charge in [0.1, 0.15) is 6.04 Å². The normalized spacial score (nSPS) is 15.6. The van der Waals surface area contributed by atoms with Gasteiger partial charge in [-0.15, -0.1) is 0 Å². The van der Waals surface area contributed by atoms with Crippen LogP contribution in [0.2, 0.25) is 5.02 Å². The van der Waals surface area contributed by atoms with Crippen LogP contribution in [0.4, 0.5) is 5.69 Å². The number of amides is 2. The minimum absolute atomic E-state index is 0.0114. The first-order chi connectivity index (χ1) is 14.4. The van der Waals surface area contributed by atoms with Crippen molar-refractivity contribution in [1.29, 1.82) is 0 Å². The van der Waals surface area contributed by atoms with E-state index in [0.29, 0.717) is 31.2 Å². The molecule has 2 amide bonds. The lowest BCUT2D eigenvalue weighted by Crippen LogP contribution is -3.15. The highest BCUT2D eigenvalue weighted by Crippen LogP contribution is 2.14. The van der Waals surface area contributed by atoms with Gasteiger partial charge in [0.2, 0.25) is 0 Å². The van der Waals surface area contributed by atoms with Crippen LogP contribution < -0.4 is 15.5 Å². The van der Waals surface area contributed by atoms with Gasteiger partial charge in [-0.05, 0) is 38.1 Å². The third-order valence-electron chi connectivity index (χ3n) is 5.59. The Morgan fingerprint density at radius 3 is 2.53 bits per heavy atom. The third-order valence-corrected chi connectivity index (χ3v) is 5.82. The fraction of sp³-hybridized carbons (Fsp3) is 0.391. The van der Waals surface area contributed by atoms with Gasteiger partial charge in [0.05, 0.1) is 26.2 Å². The van der Waals surface area contributed by atoms with Gasteiger partial charge in [-0.2, -0.15) is 0 Å². The summed E-state index contributed by atoms with van der Waals surface area (Å²) in [6.45, 7) is 7.88. The first-order valence-corrected chi connectivity index (χ1v) is 10.8. The number of hydrogen-bond donors (Lipinski definition) is 3. The zero-order valence-electron chi connectivity index (χ0n) is 17.7. The number of aryl methyl sites for hydroxylation is 1. The van der Waals surface area contributed by atoms with Crippen molar-refractivity contribution in [3.8, 4) is 0 Å². The summed E-state index contributed by atoms with van der Waals surface area (Å²) in [5.41, 5.74) is 3.10. The van der Waals surface area contributed by atoms with Crippen LogP contribution in [0.1, 0.15) is 24.1 Å². The summed E-state index contributed by atoms with van der Waals surface area (Å²) in [4.78, 5) is 28.0. The topological polar surface area (TPSA) is 70.5 Å². The largest absolute Gasteiger partial charge is 0.333 e. The molecule has 0 bridgehead atoms. The van der Waals surface area contributed by atoms with Crippen molar-refractivity contribution in [2.24, 2.45) is 0 Å². The molecule has 0 spiro atoms. The summed E-state index contributed by atoms with van der Waals surface area (Å²) >= 11 is 6.05. The lowest BCUT2D eigenvalue weighted by molar-refractivity contribution is -0.895. The van der Waals surface area contributed by atoms with E-state index in [1.54, 1.807) is 0 Å². The molecule has 30 heavy (non-hydrogen) atoms. The van der Waals surface area contributed by atoms with Crippen molar-refractivity contribution in [2.75, 3.05) is 44.6 Å². The quantitative estimate of drug-likeness (QED) is 0.603.